The van der Waals surface area contributed by atoms with Crippen LogP contribution in [0.4, 0.5) is 35.1 Å². The number of rotatable bonds is 6. The summed E-state index contributed by atoms with van der Waals surface area (Å²) in [5.74, 6) is -3.84. The van der Waals surface area contributed by atoms with E-state index in [1.54, 1.807) is 35.7 Å². The van der Waals surface area contributed by atoms with E-state index in [-0.39, 0.29) is 10.6 Å². The molecule has 38 heavy (non-hydrogen) atoms. The van der Waals surface area contributed by atoms with Crippen molar-refractivity contribution in [1.82, 2.24) is 10.3 Å². The predicted octanol–water partition coefficient (Wildman–Crippen LogP) is 7.22. The number of alkyl halides is 6. The summed E-state index contributed by atoms with van der Waals surface area (Å²) in [5.41, 5.74) is -4.74. The maximum atomic E-state index is 14.6. The van der Waals surface area contributed by atoms with Gasteiger partial charge in [0.1, 0.15) is 16.6 Å². The number of nitrogens with one attached hydrogen (secondary N) is 1. The molecule has 12 heteroatoms. The Bertz CT molecular complexity index is 1440. The third kappa shape index (κ3) is 5.40. The quantitative estimate of drug-likeness (QED) is 0.255. The van der Waals surface area contributed by atoms with E-state index >= 15 is 0 Å². The van der Waals surface area contributed by atoms with E-state index < -0.39 is 58.5 Å². The molecule has 3 nitrogen and oxygen atoms in total. The van der Waals surface area contributed by atoms with Gasteiger partial charge in [-0.2, -0.15) is 26.3 Å². The summed E-state index contributed by atoms with van der Waals surface area (Å²) >= 11 is 1.04. The Balaban J connectivity index is 1.83. The van der Waals surface area contributed by atoms with E-state index in [2.05, 4.69) is 10.3 Å². The van der Waals surface area contributed by atoms with Gasteiger partial charge in [0.25, 0.3) is 5.91 Å². The Kier molecular flexibility index (Phi) is 7.29. The van der Waals surface area contributed by atoms with Gasteiger partial charge < -0.3 is 5.32 Å². The SMILES string of the molecule is O=C(NCC(c1ccccc1)(c1cc(F)cc(C(F)(F)F)c1)c1nccs1)c1ccc(C(F)(F)F)c(F)c1. The van der Waals surface area contributed by atoms with Crippen molar-refractivity contribution in [3.63, 3.8) is 0 Å². The van der Waals surface area contributed by atoms with Crippen LogP contribution in [0.5, 0.6) is 0 Å². The lowest BCUT2D eigenvalue weighted by Crippen LogP contribution is -2.43. The van der Waals surface area contributed by atoms with Crippen molar-refractivity contribution in [3.8, 4) is 0 Å². The maximum absolute atomic E-state index is 14.6. The van der Waals surface area contributed by atoms with Crippen LogP contribution in [-0.2, 0) is 17.8 Å². The standard InChI is InChI=1S/C26H16F8N2OS/c27-19-12-17(11-18(13-19)25(29,30)31)24(23-35-8-9-38-23,16-4-2-1-3-5-16)14-36-22(37)15-6-7-20(21(28)10-15)26(32,33)34/h1-13H,14H2,(H,36,37). The molecule has 198 valence electrons. The van der Waals surface area contributed by atoms with Gasteiger partial charge in [0.15, 0.2) is 0 Å². The fourth-order valence-corrected chi connectivity index (χ4v) is 4.93. The summed E-state index contributed by atoms with van der Waals surface area (Å²) in [6, 6.07) is 11.5. The Morgan fingerprint density at radius 2 is 1.50 bits per heavy atom. The zero-order valence-electron chi connectivity index (χ0n) is 19.0. The number of aromatic nitrogens is 1. The average Bonchev–Trinajstić information content (AvgIpc) is 3.38. The molecule has 0 aliphatic heterocycles. The summed E-state index contributed by atoms with van der Waals surface area (Å²) < 4.78 is 108. The number of carbonyl (C=O) groups excluding carboxylic acids is 1. The second kappa shape index (κ2) is 10.2. The van der Waals surface area contributed by atoms with Crippen molar-refractivity contribution in [2.45, 2.75) is 17.8 Å². The molecular weight excluding hydrogens is 540 g/mol. The Morgan fingerprint density at radius 1 is 0.816 bits per heavy atom. The smallest absolute Gasteiger partial charge is 0.350 e. The summed E-state index contributed by atoms with van der Waals surface area (Å²) in [6.45, 7) is -0.479. The van der Waals surface area contributed by atoms with Crippen molar-refractivity contribution in [2.75, 3.05) is 6.54 Å². The molecule has 0 aliphatic rings. The van der Waals surface area contributed by atoms with Gasteiger partial charge in [0.05, 0.1) is 16.5 Å². The summed E-state index contributed by atoms with van der Waals surface area (Å²) in [6.07, 6.45) is -8.47. The molecule has 4 aromatic rings. The van der Waals surface area contributed by atoms with Gasteiger partial charge in [-0.3, -0.25) is 4.79 Å². The molecule has 1 unspecified atom stereocenters. The topological polar surface area (TPSA) is 42.0 Å². The molecule has 1 aromatic heterocycles. The lowest BCUT2D eigenvalue weighted by Gasteiger charge is -2.34. The van der Waals surface area contributed by atoms with Gasteiger partial charge >= 0.3 is 12.4 Å². The normalized spacial score (nSPS) is 13.7. The highest BCUT2D eigenvalue weighted by Gasteiger charge is 2.42. The first kappa shape index (κ1) is 27.2. The van der Waals surface area contributed by atoms with Crippen LogP contribution in [0.2, 0.25) is 0 Å². The number of hydrogen-bond acceptors (Lipinski definition) is 3. The van der Waals surface area contributed by atoms with E-state index in [4.69, 9.17) is 0 Å². The van der Waals surface area contributed by atoms with E-state index in [1.807, 2.05) is 0 Å². The van der Waals surface area contributed by atoms with E-state index in [1.165, 1.54) is 6.20 Å². The first-order chi connectivity index (χ1) is 17.8. The highest BCUT2D eigenvalue weighted by atomic mass is 32.1. The number of nitrogens with zero attached hydrogens (tertiary/aromatic N) is 1. The highest BCUT2D eigenvalue weighted by Crippen LogP contribution is 2.42. The van der Waals surface area contributed by atoms with Crippen LogP contribution in [0, 0.1) is 11.6 Å². The van der Waals surface area contributed by atoms with Gasteiger partial charge in [-0.25, -0.2) is 13.8 Å². The molecule has 0 fully saturated rings. The molecule has 1 heterocycles. The van der Waals surface area contributed by atoms with Gasteiger partial charge in [0, 0.05) is 23.7 Å². The van der Waals surface area contributed by atoms with Crippen molar-refractivity contribution < 1.29 is 39.9 Å². The largest absolute Gasteiger partial charge is 0.419 e. The molecule has 3 aromatic carbocycles. The van der Waals surface area contributed by atoms with E-state index in [0.717, 1.165) is 29.5 Å². The molecule has 1 N–H and O–H groups in total. The number of thiazole rings is 1. The lowest BCUT2D eigenvalue weighted by atomic mass is 9.74. The van der Waals surface area contributed by atoms with Crippen molar-refractivity contribution in [1.29, 1.82) is 0 Å². The first-order valence-electron chi connectivity index (χ1n) is 10.8. The molecule has 0 saturated carbocycles. The Morgan fingerprint density at radius 3 is 2.08 bits per heavy atom. The number of halogens is 8. The number of amides is 1. The molecule has 1 atom stereocenters. The second-order valence-corrected chi connectivity index (χ2v) is 9.10. The third-order valence-electron chi connectivity index (χ3n) is 5.83. The third-order valence-corrected chi connectivity index (χ3v) is 6.77. The maximum Gasteiger partial charge on any atom is 0.419 e. The van der Waals surface area contributed by atoms with Crippen molar-refractivity contribution in [2.24, 2.45) is 0 Å². The first-order valence-corrected chi connectivity index (χ1v) is 11.7. The number of benzene rings is 3. The van der Waals surface area contributed by atoms with Crippen molar-refractivity contribution in [3.05, 3.63) is 123 Å². The summed E-state index contributed by atoms with van der Waals surface area (Å²) in [4.78, 5) is 17.1. The van der Waals surface area contributed by atoms with Gasteiger partial charge in [-0.15, -0.1) is 11.3 Å². The molecule has 1 amide bonds. The number of hydrogen-bond donors (Lipinski definition) is 1. The highest BCUT2D eigenvalue weighted by molar-refractivity contribution is 7.09. The molecular formula is C26H16F8N2OS. The van der Waals surface area contributed by atoms with Crippen LogP contribution in [0.1, 0.15) is 37.6 Å². The summed E-state index contributed by atoms with van der Waals surface area (Å²) in [5, 5.41) is 4.22. The monoisotopic (exact) mass is 556 g/mol. The lowest BCUT2D eigenvalue weighted by molar-refractivity contribution is -0.140. The van der Waals surface area contributed by atoms with Gasteiger partial charge in [-0.1, -0.05) is 30.3 Å². The molecule has 0 spiro atoms. The van der Waals surface area contributed by atoms with Crippen LogP contribution in [0.25, 0.3) is 0 Å². The minimum atomic E-state index is -4.97. The van der Waals surface area contributed by atoms with Crippen LogP contribution < -0.4 is 5.32 Å². The number of carbonyl (C=O) groups is 1. The molecule has 0 aliphatic carbocycles. The Labute approximate surface area is 214 Å². The Hall–Kier alpha value is -3.80. The average molecular weight is 556 g/mol. The molecule has 0 radical (unpaired) electrons. The van der Waals surface area contributed by atoms with Crippen LogP contribution >= 0.6 is 11.3 Å². The summed E-state index contributed by atoms with van der Waals surface area (Å²) in [7, 11) is 0. The van der Waals surface area contributed by atoms with Crippen LogP contribution in [0.3, 0.4) is 0 Å². The van der Waals surface area contributed by atoms with Crippen LogP contribution in [-0.4, -0.2) is 17.4 Å². The zero-order valence-corrected chi connectivity index (χ0v) is 19.8. The minimum Gasteiger partial charge on any atom is -0.350 e. The fourth-order valence-electron chi connectivity index (χ4n) is 4.05. The predicted molar refractivity (Wildman–Crippen MR) is 124 cm³/mol. The molecule has 0 saturated heterocycles. The fraction of sp³-hybridized carbons (Fsp3) is 0.154. The van der Waals surface area contributed by atoms with Crippen LogP contribution in [0.15, 0.2) is 78.3 Å². The van der Waals surface area contributed by atoms with Crippen molar-refractivity contribution >= 4 is 17.2 Å². The zero-order chi connectivity index (χ0) is 27.7. The van der Waals surface area contributed by atoms with Gasteiger partial charge in [-0.05, 0) is 47.5 Å². The van der Waals surface area contributed by atoms with E-state index in [9.17, 15) is 39.9 Å². The molecule has 4 rings (SSSR count). The minimum absolute atomic E-state index is 0.176. The van der Waals surface area contributed by atoms with E-state index in [0.29, 0.717) is 23.8 Å². The molecule has 0 bridgehead atoms. The second-order valence-electron chi connectivity index (χ2n) is 8.21. The van der Waals surface area contributed by atoms with Gasteiger partial charge in [0.2, 0.25) is 0 Å².